The monoisotopic (exact) mass is 235 g/mol. The Morgan fingerprint density at radius 3 is 2.94 bits per heavy atom. The first-order valence-electron chi connectivity index (χ1n) is 5.83. The van der Waals surface area contributed by atoms with Crippen LogP contribution in [0.1, 0.15) is 25.8 Å². The average molecular weight is 235 g/mol. The van der Waals surface area contributed by atoms with Crippen molar-refractivity contribution < 1.29 is 14.6 Å². The molecule has 4 heteroatoms. The zero-order chi connectivity index (χ0) is 12.5. The number of rotatable bonds is 1. The number of para-hydroxylation sites is 1. The Labute approximate surface area is 101 Å². The van der Waals surface area contributed by atoms with Gasteiger partial charge in [-0.2, -0.15) is 0 Å². The Balaban J connectivity index is 2.42. The third-order valence-electron chi connectivity index (χ3n) is 3.03. The van der Waals surface area contributed by atoms with Crippen LogP contribution in [0.2, 0.25) is 0 Å². The molecule has 1 heterocycles. The molecule has 0 aromatic heterocycles. The zero-order valence-corrected chi connectivity index (χ0v) is 10.1. The van der Waals surface area contributed by atoms with Gasteiger partial charge in [0.1, 0.15) is 5.72 Å². The molecule has 17 heavy (non-hydrogen) atoms. The Kier molecular flexibility index (Phi) is 3.07. The Hall–Kier alpha value is -1.55. The van der Waals surface area contributed by atoms with E-state index < -0.39 is 11.8 Å². The number of hydrogen-bond acceptors (Lipinski definition) is 3. The molecule has 1 N–H and O–H groups in total. The largest absolute Gasteiger partial charge is 0.449 e. The van der Waals surface area contributed by atoms with Crippen LogP contribution in [0.15, 0.2) is 24.3 Å². The fourth-order valence-corrected chi connectivity index (χ4v) is 2.17. The molecular weight excluding hydrogens is 218 g/mol. The minimum Gasteiger partial charge on any atom is -0.449 e. The second-order valence-corrected chi connectivity index (χ2v) is 4.38. The summed E-state index contributed by atoms with van der Waals surface area (Å²) in [5, 5.41) is 10.3. The molecule has 1 aliphatic heterocycles. The van der Waals surface area contributed by atoms with Gasteiger partial charge >= 0.3 is 6.09 Å². The molecule has 0 bridgehead atoms. The summed E-state index contributed by atoms with van der Waals surface area (Å²) in [7, 11) is 0. The molecule has 0 saturated carbocycles. The highest BCUT2D eigenvalue weighted by Crippen LogP contribution is 2.35. The Morgan fingerprint density at radius 1 is 1.53 bits per heavy atom. The molecule has 1 amide bonds. The van der Waals surface area contributed by atoms with E-state index in [1.807, 2.05) is 24.3 Å². The summed E-state index contributed by atoms with van der Waals surface area (Å²) in [6, 6.07) is 7.59. The first kappa shape index (κ1) is 11.9. The lowest BCUT2D eigenvalue weighted by molar-refractivity contribution is 0.0375. The van der Waals surface area contributed by atoms with Crippen molar-refractivity contribution in [1.29, 1.82) is 0 Å². The van der Waals surface area contributed by atoms with Gasteiger partial charge in [-0.05, 0) is 38.3 Å². The maximum Gasteiger partial charge on any atom is 0.416 e. The predicted octanol–water partition coefficient (Wildman–Crippen LogP) is 2.30. The lowest BCUT2D eigenvalue weighted by Crippen LogP contribution is -2.53. The lowest BCUT2D eigenvalue weighted by atomic mass is 9.94. The summed E-state index contributed by atoms with van der Waals surface area (Å²) in [6.45, 7) is 3.69. The van der Waals surface area contributed by atoms with Gasteiger partial charge in [0.25, 0.3) is 0 Å². The minimum atomic E-state index is -1.18. The average Bonchev–Trinajstić information content (AvgIpc) is 2.28. The topological polar surface area (TPSA) is 49.8 Å². The van der Waals surface area contributed by atoms with Gasteiger partial charge in [-0.1, -0.05) is 18.2 Å². The van der Waals surface area contributed by atoms with Crippen molar-refractivity contribution in [2.24, 2.45) is 0 Å². The molecule has 0 fully saturated rings. The van der Waals surface area contributed by atoms with E-state index in [4.69, 9.17) is 4.74 Å². The molecule has 0 saturated heterocycles. The molecule has 0 radical (unpaired) electrons. The number of aliphatic hydroxyl groups is 1. The second kappa shape index (κ2) is 4.37. The number of fused-ring (bicyclic) bond motifs is 1. The highest BCUT2D eigenvalue weighted by Gasteiger charge is 2.39. The van der Waals surface area contributed by atoms with Gasteiger partial charge in [0, 0.05) is 0 Å². The number of aryl methyl sites for hydroxylation is 1. The first-order valence-corrected chi connectivity index (χ1v) is 5.83. The third-order valence-corrected chi connectivity index (χ3v) is 3.03. The molecule has 4 nitrogen and oxygen atoms in total. The van der Waals surface area contributed by atoms with Crippen LogP contribution in [0.3, 0.4) is 0 Å². The van der Waals surface area contributed by atoms with Crippen molar-refractivity contribution in [3.63, 3.8) is 0 Å². The molecular formula is C13H17NO3. The van der Waals surface area contributed by atoms with E-state index in [0.717, 1.165) is 17.7 Å². The molecule has 0 spiro atoms. The van der Waals surface area contributed by atoms with E-state index in [1.165, 1.54) is 4.90 Å². The maximum absolute atomic E-state index is 11.9. The number of anilines is 1. The SMILES string of the molecule is CCOC(=O)N1c2ccccc2CCC1(C)O. The van der Waals surface area contributed by atoms with Gasteiger partial charge in [-0.15, -0.1) is 0 Å². The summed E-state index contributed by atoms with van der Waals surface area (Å²) in [4.78, 5) is 13.3. The van der Waals surface area contributed by atoms with Crippen molar-refractivity contribution in [3.8, 4) is 0 Å². The van der Waals surface area contributed by atoms with E-state index in [9.17, 15) is 9.90 Å². The first-order chi connectivity index (χ1) is 8.06. The molecule has 0 aliphatic carbocycles. The van der Waals surface area contributed by atoms with Crippen LogP contribution >= 0.6 is 0 Å². The van der Waals surface area contributed by atoms with E-state index in [-0.39, 0.29) is 0 Å². The summed E-state index contributed by atoms with van der Waals surface area (Å²) in [6.07, 6.45) is 0.784. The van der Waals surface area contributed by atoms with Crippen LogP contribution in [-0.2, 0) is 11.2 Å². The van der Waals surface area contributed by atoms with Crippen LogP contribution in [0.4, 0.5) is 10.5 Å². The van der Waals surface area contributed by atoms with Gasteiger partial charge in [0.2, 0.25) is 0 Å². The lowest BCUT2D eigenvalue weighted by Gasteiger charge is -2.40. The van der Waals surface area contributed by atoms with Crippen molar-refractivity contribution in [1.82, 2.24) is 0 Å². The summed E-state index contributed by atoms with van der Waals surface area (Å²) < 4.78 is 5.00. The van der Waals surface area contributed by atoms with Crippen LogP contribution in [0.25, 0.3) is 0 Å². The third kappa shape index (κ3) is 2.13. The number of carbonyl (C=O) groups is 1. The smallest absolute Gasteiger partial charge is 0.416 e. The second-order valence-electron chi connectivity index (χ2n) is 4.38. The van der Waals surface area contributed by atoms with E-state index >= 15 is 0 Å². The van der Waals surface area contributed by atoms with Crippen molar-refractivity contribution in [2.45, 2.75) is 32.4 Å². The maximum atomic E-state index is 11.9. The van der Waals surface area contributed by atoms with Crippen molar-refractivity contribution >= 4 is 11.8 Å². The summed E-state index contributed by atoms with van der Waals surface area (Å²) >= 11 is 0. The molecule has 1 aliphatic rings. The Bertz CT molecular complexity index is 428. The van der Waals surface area contributed by atoms with E-state index in [1.54, 1.807) is 13.8 Å². The normalized spacial score (nSPS) is 23.1. The van der Waals surface area contributed by atoms with Crippen LogP contribution in [-0.4, -0.2) is 23.5 Å². The highest BCUT2D eigenvalue weighted by molar-refractivity contribution is 5.90. The zero-order valence-electron chi connectivity index (χ0n) is 10.1. The van der Waals surface area contributed by atoms with Crippen LogP contribution < -0.4 is 4.90 Å². The number of ether oxygens (including phenoxy) is 1. The molecule has 1 atom stereocenters. The number of hydrogen-bond donors (Lipinski definition) is 1. The Morgan fingerprint density at radius 2 is 2.24 bits per heavy atom. The number of benzene rings is 1. The summed E-state index contributed by atoms with van der Waals surface area (Å²) in [5.74, 6) is 0. The molecule has 1 unspecified atom stereocenters. The standard InChI is InChI=1S/C13H17NO3/c1-3-17-12(15)14-11-7-5-4-6-10(11)8-9-13(14,2)16/h4-7,16H,3,8-9H2,1-2H3. The quantitative estimate of drug-likeness (QED) is 0.812. The predicted molar refractivity (Wildman–Crippen MR) is 64.9 cm³/mol. The van der Waals surface area contributed by atoms with Gasteiger partial charge in [-0.25, -0.2) is 9.69 Å². The fourth-order valence-electron chi connectivity index (χ4n) is 2.17. The number of nitrogens with zero attached hydrogens (tertiary/aromatic N) is 1. The van der Waals surface area contributed by atoms with E-state index in [0.29, 0.717) is 13.0 Å². The fraction of sp³-hybridized carbons (Fsp3) is 0.462. The van der Waals surface area contributed by atoms with Gasteiger partial charge < -0.3 is 9.84 Å². The molecule has 1 aromatic rings. The number of amides is 1. The van der Waals surface area contributed by atoms with Crippen molar-refractivity contribution in [2.75, 3.05) is 11.5 Å². The molecule has 2 rings (SSSR count). The minimum absolute atomic E-state index is 0.299. The molecule has 1 aromatic carbocycles. The van der Waals surface area contributed by atoms with Crippen LogP contribution in [0, 0.1) is 0 Å². The van der Waals surface area contributed by atoms with Gasteiger partial charge in [-0.3, -0.25) is 0 Å². The van der Waals surface area contributed by atoms with Crippen molar-refractivity contribution in [3.05, 3.63) is 29.8 Å². The molecule has 92 valence electrons. The highest BCUT2D eigenvalue weighted by atomic mass is 16.6. The van der Waals surface area contributed by atoms with Gasteiger partial charge in [0.15, 0.2) is 0 Å². The van der Waals surface area contributed by atoms with Gasteiger partial charge in [0.05, 0.1) is 12.3 Å². The van der Waals surface area contributed by atoms with Crippen LogP contribution in [0.5, 0.6) is 0 Å². The van der Waals surface area contributed by atoms with E-state index in [2.05, 4.69) is 0 Å². The number of carbonyl (C=O) groups excluding carboxylic acids is 1. The summed E-state index contributed by atoms with van der Waals surface area (Å²) in [5.41, 5.74) is 0.620.